The minimum absolute atomic E-state index is 0.403. The standard InChI is InChI=1S/C12H21N5OS/c1-2-18-7-12-15-10(5-11(16-12)17-13)14-6-9-3-4-19-8-9/h5,9H,2-4,6-8,13H2,1H3,(H2,14,15,16,17). The predicted molar refractivity (Wildman–Crippen MR) is 79.1 cm³/mol. The lowest BCUT2D eigenvalue weighted by molar-refractivity contribution is 0.128. The van der Waals surface area contributed by atoms with Gasteiger partial charge in [-0.2, -0.15) is 11.8 Å². The molecule has 0 saturated carbocycles. The zero-order valence-corrected chi connectivity index (χ0v) is 12.0. The van der Waals surface area contributed by atoms with E-state index in [0.29, 0.717) is 24.9 Å². The maximum atomic E-state index is 5.42. The third-order valence-corrected chi connectivity index (χ3v) is 4.18. The molecule has 0 amide bonds. The number of rotatable bonds is 7. The van der Waals surface area contributed by atoms with Crippen LogP contribution in [-0.4, -0.2) is 34.6 Å². The number of anilines is 2. The van der Waals surface area contributed by atoms with Crippen LogP contribution in [0.2, 0.25) is 0 Å². The molecule has 0 aliphatic carbocycles. The number of thioether (sulfide) groups is 1. The fourth-order valence-corrected chi connectivity index (χ4v) is 3.20. The van der Waals surface area contributed by atoms with Gasteiger partial charge in [0.1, 0.15) is 18.2 Å². The number of nitrogen functional groups attached to an aromatic ring is 1. The van der Waals surface area contributed by atoms with Crippen molar-refractivity contribution in [1.82, 2.24) is 9.97 Å². The van der Waals surface area contributed by atoms with Gasteiger partial charge in [0.25, 0.3) is 0 Å². The van der Waals surface area contributed by atoms with Crippen molar-refractivity contribution in [2.24, 2.45) is 11.8 Å². The van der Waals surface area contributed by atoms with E-state index in [-0.39, 0.29) is 0 Å². The molecule has 1 aromatic rings. The van der Waals surface area contributed by atoms with Gasteiger partial charge >= 0.3 is 0 Å². The molecule has 0 aromatic carbocycles. The summed E-state index contributed by atoms with van der Waals surface area (Å²) in [6, 6.07) is 1.82. The Morgan fingerprint density at radius 2 is 2.32 bits per heavy atom. The fraction of sp³-hybridized carbons (Fsp3) is 0.667. The van der Waals surface area contributed by atoms with Gasteiger partial charge in [-0.25, -0.2) is 15.8 Å². The first-order chi connectivity index (χ1) is 9.31. The van der Waals surface area contributed by atoms with Crippen molar-refractivity contribution in [3.05, 3.63) is 11.9 Å². The molecule has 106 valence electrons. The van der Waals surface area contributed by atoms with Crippen LogP contribution in [0.1, 0.15) is 19.2 Å². The van der Waals surface area contributed by atoms with Crippen LogP contribution in [0.5, 0.6) is 0 Å². The number of nitrogens with zero attached hydrogens (tertiary/aromatic N) is 2. The normalized spacial score (nSPS) is 18.5. The van der Waals surface area contributed by atoms with E-state index in [1.54, 1.807) is 0 Å². The van der Waals surface area contributed by atoms with Gasteiger partial charge in [0.05, 0.1) is 0 Å². The lowest BCUT2D eigenvalue weighted by Crippen LogP contribution is -2.17. The third kappa shape index (κ3) is 4.52. The number of hydrogen-bond acceptors (Lipinski definition) is 7. The summed E-state index contributed by atoms with van der Waals surface area (Å²) in [4.78, 5) is 8.68. The SMILES string of the molecule is CCOCc1nc(NN)cc(NCC2CCSC2)n1. The van der Waals surface area contributed by atoms with Gasteiger partial charge in [0, 0.05) is 19.2 Å². The van der Waals surface area contributed by atoms with Gasteiger partial charge in [0.15, 0.2) is 5.82 Å². The van der Waals surface area contributed by atoms with Crippen LogP contribution >= 0.6 is 11.8 Å². The second kappa shape index (κ2) is 7.52. The van der Waals surface area contributed by atoms with E-state index in [2.05, 4.69) is 20.7 Å². The van der Waals surface area contributed by atoms with Crippen molar-refractivity contribution in [2.45, 2.75) is 20.0 Å². The highest BCUT2D eigenvalue weighted by atomic mass is 32.2. The maximum absolute atomic E-state index is 5.42. The third-order valence-electron chi connectivity index (χ3n) is 2.95. The second-order valence-electron chi connectivity index (χ2n) is 4.45. The minimum Gasteiger partial charge on any atom is -0.374 e. The minimum atomic E-state index is 0.403. The van der Waals surface area contributed by atoms with Crippen molar-refractivity contribution in [3.63, 3.8) is 0 Å². The van der Waals surface area contributed by atoms with Gasteiger partial charge in [-0.1, -0.05) is 0 Å². The average molecular weight is 283 g/mol. The van der Waals surface area contributed by atoms with E-state index in [1.807, 2.05) is 24.8 Å². The van der Waals surface area contributed by atoms with Crippen molar-refractivity contribution in [1.29, 1.82) is 0 Å². The smallest absolute Gasteiger partial charge is 0.158 e. The first-order valence-electron chi connectivity index (χ1n) is 6.55. The van der Waals surface area contributed by atoms with Crippen molar-refractivity contribution in [2.75, 3.05) is 35.4 Å². The number of hydrogen-bond donors (Lipinski definition) is 3. The molecule has 2 heterocycles. The topological polar surface area (TPSA) is 85.1 Å². The van der Waals surface area contributed by atoms with Crippen LogP contribution in [0.15, 0.2) is 6.07 Å². The van der Waals surface area contributed by atoms with Gasteiger partial charge in [-0.15, -0.1) is 0 Å². The molecule has 0 radical (unpaired) electrons. The summed E-state index contributed by atoms with van der Waals surface area (Å²) < 4.78 is 5.33. The van der Waals surface area contributed by atoms with Crippen LogP contribution in [0.25, 0.3) is 0 Å². The molecule has 1 fully saturated rings. The predicted octanol–water partition coefficient (Wildman–Crippen LogP) is 1.46. The van der Waals surface area contributed by atoms with E-state index in [4.69, 9.17) is 10.6 Å². The van der Waals surface area contributed by atoms with Crippen LogP contribution in [-0.2, 0) is 11.3 Å². The molecule has 0 spiro atoms. The Kier molecular flexibility index (Phi) is 5.68. The summed E-state index contributed by atoms with van der Waals surface area (Å²) >= 11 is 2.01. The Morgan fingerprint density at radius 1 is 1.47 bits per heavy atom. The van der Waals surface area contributed by atoms with Gasteiger partial charge in [0.2, 0.25) is 0 Å². The van der Waals surface area contributed by atoms with Crippen molar-refractivity contribution in [3.8, 4) is 0 Å². The Hall–Kier alpha value is -1.05. The van der Waals surface area contributed by atoms with Gasteiger partial charge in [-0.3, -0.25) is 0 Å². The Morgan fingerprint density at radius 3 is 3.00 bits per heavy atom. The van der Waals surface area contributed by atoms with E-state index in [1.165, 1.54) is 17.9 Å². The summed E-state index contributed by atoms with van der Waals surface area (Å²) in [5, 5.41) is 3.36. The zero-order chi connectivity index (χ0) is 13.5. The van der Waals surface area contributed by atoms with Crippen molar-refractivity contribution >= 4 is 23.4 Å². The van der Waals surface area contributed by atoms with Crippen LogP contribution in [0.4, 0.5) is 11.6 Å². The highest BCUT2D eigenvalue weighted by Gasteiger charge is 2.15. The molecule has 2 rings (SSSR count). The molecule has 19 heavy (non-hydrogen) atoms. The molecule has 1 aromatic heterocycles. The number of nitrogens with one attached hydrogen (secondary N) is 2. The van der Waals surface area contributed by atoms with E-state index >= 15 is 0 Å². The van der Waals surface area contributed by atoms with Crippen molar-refractivity contribution < 1.29 is 4.74 Å². The van der Waals surface area contributed by atoms with Gasteiger partial charge < -0.3 is 15.5 Å². The summed E-state index contributed by atoms with van der Waals surface area (Å²) in [6.45, 7) is 3.94. The summed E-state index contributed by atoms with van der Waals surface area (Å²) in [7, 11) is 0. The first kappa shape index (κ1) is 14.4. The number of nitrogens with two attached hydrogens (primary N) is 1. The Bertz CT molecular complexity index is 398. The molecule has 1 saturated heterocycles. The molecule has 1 aliphatic rings. The summed E-state index contributed by atoms with van der Waals surface area (Å²) in [6.07, 6.45) is 1.27. The Labute approximate surface area is 117 Å². The van der Waals surface area contributed by atoms with Gasteiger partial charge in [-0.05, 0) is 30.8 Å². The zero-order valence-electron chi connectivity index (χ0n) is 11.2. The fourth-order valence-electron chi connectivity index (χ4n) is 1.91. The molecular weight excluding hydrogens is 262 g/mol. The molecule has 1 unspecified atom stereocenters. The van der Waals surface area contributed by atoms with Crippen LogP contribution in [0.3, 0.4) is 0 Å². The molecule has 0 bridgehead atoms. The second-order valence-corrected chi connectivity index (χ2v) is 5.60. The average Bonchev–Trinajstić information content (AvgIpc) is 2.96. The Balaban J connectivity index is 1.96. The molecular formula is C12H21N5OS. The highest BCUT2D eigenvalue weighted by Crippen LogP contribution is 2.23. The van der Waals surface area contributed by atoms with Crippen LogP contribution < -0.4 is 16.6 Å². The van der Waals surface area contributed by atoms with E-state index in [0.717, 1.165) is 18.3 Å². The maximum Gasteiger partial charge on any atom is 0.158 e. The van der Waals surface area contributed by atoms with E-state index < -0.39 is 0 Å². The highest BCUT2D eigenvalue weighted by molar-refractivity contribution is 7.99. The summed E-state index contributed by atoms with van der Waals surface area (Å²) in [5.74, 6) is 10.7. The lowest BCUT2D eigenvalue weighted by Gasteiger charge is -2.12. The molecule has 1 atom stereocenters. The molecule has 4 N–H and O–H groups in total. The largest absolute Gasteiger partial charge is 0.374 e. The van der Waals surface area contributed by atoms with E-state index in [9.17, 15) is 0 Å². The van der Waals surface area contributed by atoms with Crippen LogP contribution in [0, 0.1) is 5.92 Å². The lowest BCUT2D eigenvalue weighted by atomic mass is 10.1. The first-order valence-corrected chi connectivity index (χ1v) is 7.71. The molecule has 1 aliphatic heterocycles. The monoisotopic (exact) mass is 283 g/mol. The summed E-state index contributed by atoms with van der Waals surface area (Å²) in [5.41, 5.74) is 2.56. The quantitative estimate of drug-likeness (QED) is 0.516. The number of ether oxygens (including phenoxy) is 1. The molecule has 7 heteroatoms. The number of hydrazine groups is 1. The molecule has 6 nitrogen and oxygen atoms in total. The number of aromatic nitrogens is 2.